The fraction of sp³-hybridized carbons (Fsp3) is 0.350. The molecule has 0 fully saturated rings. The SMILES string of the molecule is Cc1nn2c(NC(CC(C)C)C(N)=O)cc(-c3ccccc3)nc2c1C. The molecule has 6 nitrogen and oxygen atoms in total. The Hall–Kier alpha value is -2.89. The van der Waals surface area contributed by atoms with Gasteiger partial charge in [-0.05, 0) is 26.2 Å². The van der Waals surface area contributed by atoms with Crippen LogP contribution in [0.3, 0.4) is 0 Å². The summed E-state index contributed by atoms with van der Waals surface area (Å²) in [7, 11) is 0. The van der Waals surface area contributed by atoms with Gasteiger partial charge in [-0.1, -0.05) is 44.2 Å². The van der Waals surface area contributed by atoms with Crippen molar-refractivity contribution in [2.75, 3.05) is 5.32 Å². The number of carbonyl (C=O) groups excluding carboxylic acids is 1. The molecule has 2 heterocycles. The molecule has 0 bridgehead atoms. The molecule has 1 unspecified atom stereocenters. The van der Waals surface area contributed by atoms with Gasteiger partial charge in [0.1, 0.15) is 11.9 Å². The monoisotopic (exact) mass is 351 g/mol. The lowest BCUT2D eigenvalue weighted by atomic mass is 10.0. The van der Waals surface area contributed by atoms with Crippen LogP contribution in [0, 0.1) is 19.8 Å². The Balaban J connectivity index is 2.13. The van der Waals surface area contributed by atoms with Gasteiger partial charge >= 0.3 is 0 Å². The molecule has 1 atom stereocenters. The van der Waals surface area contributed by atoms with Gasteiger partial charge in [-0.3, -0.25) is 4.79 Å². The Labute approximate surface area is 153 Å². The summed E-state index contributed by atoms with van der Waals surface area (Å²) in [6, 6.07) is 11.4. The number of nitrogens with zero attached hydrogens (tertiary/aromatic N) is 3. The Morgan fingerprint density at radius 1 is 1.23 bits per heavy atom. The molecular formula is C20H25N5O. The highest BCUT2D eigenvalue weighted by Gasteiger charge is 2.20. The van der Waals surface area contributed by atoms with E-state index < -0.39 is 6.04 Å². The second-order valence-electron chi connectivity index (χ2n) is 7.07. The molecule has 0 spiro atoms. The third-order valence-electron chi connectivity index (χ3n) is 4.50. The quantitative estimate of drug-likeness (QED) is 0.713. The van der Waals surface area contributed by atoms with Crippen molar-refractivity contribution in [3.63, 3.8) is 0 Å². The van der Waals surface area contributed by atoms with E-state index in [1.165, 1.54) is 0 Å². The fourth-order valence-corrected chi connectivity index (χ4v) is 2.98. The molecule has 2 aromatic heterocycles. The van der Waals surface area contributed by atoms with Crippen molar-refractivity contribution in [3.8, 4) is 11.3 Å². The van der Waals surface area contributed by atoms with Gasteiger partial charge < -0.3 is 11.1 Å². The number of hydrogen-bond donors (Lipinski definition) is 2. The normalized spacial score (nSPS) is 12.5. The molecule has 3 aromatic rings. The van der Waals surface area contributed by atoms with Gasteiger partial charge in [-0.25, -0.2) is 4.98 Å². The van der Waals surface area contributed by atoms with Gasteiger partial charge in [0.2, 0.25) is 5.91 Å². The number of nitrogens with two attached hydrogens (primary N) is 1. The lowest BCUT2D eigenvalue weighted by Crippen LogP contribution is -2.37. The number of fused-ring (bicyclic) bond motifs is 1. The lowest BCUT2D eigenvalue weighted by molar-refractivity contribution is -0.119. The zero-order valence-corrected chi connectivity index (χ0v) is 15.7. The minimum atomic E-state index is -0.464. The third-order valence-corrected chi connectivity index (χ3v) is 4.50. The molecule has 3 N–H and O–H groups in total. The summed E-state index contributed by atoms with van der Waals surface area (Å²) in [5, 5.41) is 7.87. The summed E-state index contributed by atoms with van der Waals surface area (Å²) in [4.78, 5) is 16.7. The number of primary amides is 1. The number of anilines is 1. The van der Waals surface area contributed by atoms with Crippen LogP contribution in [0.5, 0.6) is 0 Å². The minimum absolute atomic E-state index is 0.340. The molecule has 26 heavy (non-hydrogen) atoms. The van der Waals surface area contributed by atoms with Gasteiger partial charge in [0, 0.05) is 17.2 Å². The average Bonchev–Trinajstić information content (AvgIpc) is 2.89. The van der Waals surface area contributed by atoms with Crippen LogP contribution in [-0.4, -0.2) is 26.5 Å². The molecule has 136 valence electrons. The van der Waals surface area contributed by atoms with E-state index in [1.54, 1.807) is 4.52 Å². The lowest BCUT2D eigenvalue weighted by Gasteiger charge is -2.19. The molecule has 0 radical (unpaired) electrons. The summed E-state index contributed by atoms with van der Waals surface area (Å²) in [6.45, 7) is 8.09. The van der Waals surface area contributed by atoms with E-state index in [1.807, 2.05) is 50.2 Å². The molecule has 1 amide bonds. The predicted octanol–water partition coefficient (Wildman–Crippen LogP) is 3.33. The Bertz CT molecular complexity index is 930. The van der Waals surface area contributed by atoms with Crippen molar-refractivity contribution < 1.29 is 4.79 Å². The van der Waals surface area contributed by atoms with Crippen LogP contribution in [0.4, 0.5) is 5.82 Å². The Morgan fingerprint density at radius 2 is 1.92 bits per heavy atom. The highest BCUT2D eigenvalue weighted by atomic mass is 16.1. The van der Waals surface area contributed by atoms with E-state index in [-0.39, 0.29) is 5.91 Å². The number of carbonyl (C=O) groups is 1. The molecule has 0 saturated heterocycles. The van der Waals surface area contributed by atoms with E-state index in [0.29, 0.717) is 12.3 Å². The van der Waals surface area contributed by atoms with Crippen molar-refractivity contribution in [2.45, 2.75) is 40.2 Å². The van der Waals surface area contributed by atoms with Crippen molar-refractivity contribution in [1.82, 2.24) is 14.6 Å². The van der Waals surface area contributed by atoms with Crippen LogP contribution in [0.25, 0.3) is 16.9 Å². The molecule has 6 heteroatoms. The van der Waals surface area contributed by atoms with Crippen molar-refractivity contribution in [2.24, 2.45) is 11.7 Å². The number of aryl methyl sites for hydroxylation is 2. The molecule has 0 aliphatic carbocycles. The van der Waals surface area contributed by atoms with Crippen LogP contribution in [0.2, 0.25) is 0 Å². The second kappa shape index (κ2) is 7.15. The zero-order valence-electron chi connectivity index (χ0n) is 15.7. The number of amides is 1. The maximum Gasteiger partial charge on any atom is 0.239 e. The first-order valence-corrected chi connectivity index (χ1v) is 8.85. The van der Waals surface area contributed by atoms with Gasteiger partial charge in [0.05, 0.1) is 11.4 Å². The number of aromatic nitrogens is 3. The van der Waals surface area contributed by atoms with Crippen molar-refractivity contribution in [3.05, 3.63) is 47.7 Å². The first-order valence-electron chi connectivity index (χ1n) is 8.85. The van der Waals surface area contributed by atoms with Crippen molar-refractivity contribution in [1.29, 1.82) is 0 Å². The van der Waals surface area contributed by atoms with Crippen LogP contribution >= 0.6 is 0 Å². The van der Waals surface area contributed by atoms with Gasteiger partial charge in [0.25, 0.3) is 0 Å². The number of rotatable bonds is 6. The third kappa shape index (κ3) is 3.54. The summed E-state index contributed by atoms with van der Waals surface area (Å²) < 4.78 is 1.76. The topological polar surface area (TPSA) is 85.3 Å². The van der Waals surface area contributed by atoms with E-state index in [4.69, 9.17) is 10.7 Å². The summed E-state index contributed by atoms with van der Waals surface area (Å²) in [5.41, 5.74) is 10.2. The average molecular weight is 351 g/mol. The minimum Gasteiger partial charge on any atom is -0.368 e. The Morgan fingerprint density at radius 3 is 2.54 bits per heavy atom. The van der Waals surface area contributed by atoms with E-state index in [2.05, 4.69) is 24.3 Å². The highest BCUT2D eigenvalue weighted by molar-refractivity contribution is 5.83. The van der Waals surface area contributed by atoms with Crippen LogP contribution in [0.15, 0.2) is 36.4 Å². The van der Waals surface area contributed by atoms with Gasteiger partial charge in [-0.15, -0.1) is 0 Å². The largest absolute Gasteiger partial charge is 0.368 e. The molecular weight excluding hydrogens is 326 g/mol. The smallest absolute Gasteiger partial charge is 0.239 e. The van der Waals surface area contributed by atoms with E-state index >= 15 is 0 Å². The van der Waals surface area contributed by atoms with Crippen molar-refractivity contribution >= 4 is 17.4 Å². The first kappa shape index (κ1) is 17.9. The van der Waals surface area contributed by atoms with Gasteiger partial charge in [-0.2, -0.15) is 9.61 Å². The van der Waals surface area contributed by atoms with Gasteiger partial charge in [0.15, 0.2) is 5.65 Å². The summed E-state index contributed by atoms with van der Waals surface area (Å²) in [5.74, 6) is 0.687. The van der Waals surface area contributed by atoms with Crippen LogP contribution in [-0.2, 0) is 4.79 Å². The molecule has 0 aliphatic rings. The fourth-order valence-electron chi connectivity index (χ4n) is 2.98. The summed E-state index contributed by atoms with van der Waals surface area (Å²) >= 11 is 0. The van der Waals surface area contributed by atoms with E-state index in [9.17, 15) is 4.79 Å². The Kier molecular flexibility index (Phi) is 4.93. The highest BCUT2D eigenvalue weighted by Crippen LogP contribution is 2.25. The predicted molar refractivity (Wildman–Crippen MR) is 104 cm³/mol. The number of hydrogen-bond acceptors (Lipinski definition) is 4. The maximum absolute atomic E-state index is 11.9. The molecule has 1 aromatic carbocycles. The standard InChI is InChI=1S/C20H25N5O/c1-12(2)10-17(19(21)26)22-18-11-16(15-8-6-5-7-9-15)23-20-13(3)14(4)24-25(18)20/h5-9,11-12,17,22H,10H2,1-4H3,(H2,21,26). The molecule has 3 rings (SSSR count). The first-order chi connectivity index (χ1) is 12.4. The van der Waals surface area contributed by atoms with E-state index in [0.717, 1.165) is 34.0 Å². The zero-order chi connectivity index (χ0) is 18.8. The van der Waals surface area contributed by atoms with Crippen LogP contribution < -0.4 is 11.1 Å². The summed E-state index contributed by atoms with van der Waals surface area (Å²) in [6.07, 6.45) is 0.652. The molecule has 0 aliphatic heterocycles. The second-order valence-corrected chi connectivity index (χ2v) is 7.07. The number of nitrogens with one attached hydrogen (secondary N) is 1. The van der Waals surface area contributed by atoms with Crippen LogP contribution in [0.1, 0.15) is 31.5 Å². The molecule has 0 saturated carbocycles. The maximum atomic E-state index is 11.9. The number of benzene rings is 1.